The summed E-state index contributed by atoms with van der Waals surface area (Å²) in [6.07, 6.45) is 0.564. The van der Waals surface area contributed by atoms with Gasteiger partial charge in [0.25, 0.3) is 0 Å². The Hall–Kier alpha value is -1.74. The van der Waals surface area contributed by atoms with Gasteiger partial charge in [-0.05, 0) is 25.5 Å². The zero-order chi connectivity index (χ0) is 17.9. The minimum atomic E-state index is 0.313. The summed E-state index contributed by atoms with van der Waals surface area (Å²) < 4.78 is 6.83. The van der Waals surface area contributed by atoms with Gasteiger partial charge in [0, 0.05) is 11.9 Å². The fraction of sp³-hybridized carbons (Fsp3) is 0.312. The van der Waals surface area contributed by atoms with E-state index in [2.05, 4.69) is 16.2 Å². The van der Waals surface area contributed by atoms with Crippen LogP contribution in [0.1, 0.15) is 32.0 Å². The standard InChI is InChI=1S/C16H15Cl3N4O/c1-4-14-11(8-20)16(21-9(3)24-5-2)23(22-14)15-12(18)6-10(17)7-13(15)19/h6-7H,4-5H2,1-3H3/b21-9-. The van der Waals surface area contributed by atoms with Gasteiger partial charge in [-0.25, -0.2) is 4.68 Å². The molecule has 0 aliphatic heterocycles. The molecule has 126 valence electrons. The lowest BCUT2D eigenvalue weighted by molar-refractivity contribution is 0.324. The fourth-order valence-electron chi connectivity index (χ4n) is 2.20. The highest BCUT2D eigenvalue weighted by Gasteiger charge is 2.21. The molecule has 0 unspecified atom stereocenters. The van der Waals surface area contributed by atoms with Crippen LogP contribution in [0.25, 0.3) is 5.69 Å². The van der Waals surface area contributed by atoms with Crippen molar-refractivity contribution >= 4 is 46.5 Å². The molecule has 0 saturated carbocycles. The van der Waals surface area contributed by atoms with Crippen molar-refractivity contribution in [3.8, 4) is 11.8 Å². The largest absolute Gasteiger partial charge is 0.481 e. The van der Waals surface area contributed by atoms with E-state index in [0.717, 1.165) is 0 Å². The third kappa shape index (κ3) is 3.67. The SMILES string of the molecule is CCO/C(C)=N\c1c(C#N)c(CC)nn1-c1c(Cl)cc(Cl)cc1Cl. The van der Waals surface area contributed by atoms with Crippen LogP contribution in [-0.4, -0.2) is 22.3 Å². The molecule has 1 aromatic carbocycles. The molecular weight excluding hydrogens is 371 g/mol. The number of hydrogen-bond acceptors (Lipinski definition) is 4. The van der Waals surface area contributed by atoms with Gasteiger partial charge in [0.1, 0.15) is 17.3 Å². The maximum atomic E-state index is 9.52. The minimum Gasteiger partial charge on any atom is -0.481 e. The van der Waals surface area contributed by atoms with Crippen LogP contribution >= 0.6 is 34.8 Å². The van der Waals surface area contributed by atoms with Gasteiger partial charge in [-0.2, -0.15) is 15.4 Å². The molecule has 8 heteroatoms. The van der Waals surface area contributed by atoms with E-state index in [9.17, 15) is 5.26 Å². The van der Waals surface area contributed by atoms with Gasteiger partial charge in [0.05, 0.1) is 22.3 Å². The Bertz CT molecular complexity index is 814. The molecule has 24 heavy (non-hydrogen) atoms. The molecule has 0 atom stereocenters. The molecule has 0 bridgehead atoms. The zero-order valence-electron chi connectivity index (χ0n) is 13.4. The highest BCUT2D eigenvalue weighted by molar-refractivity contribution is 6.40. The Morgan fingerprint density at radius 2 is 1.92 bits per heavy atom. The van der Waals surface area contributed by atoms with Gasteiger partial charge in [0.2, 0.25) is 0 Å². The summed E-state index contributed by atoms with van der Waals surface area (Å²) >= 11 is 18.6. The first-order valence-corrected chi connectivity index (χ1v) is 8.41. The highest BCUT2D eigenvalue weighted by atomic mass is 35.5. The first-order valence-electron chi connectivity index (χ1n) is 7.27. The number of rotatable bonds is 4. The Morgan fingerprint density at radius 3 is 2.42 bits per heavy atom. The van der Waals surface area contributed by atoms with Crippen LogP contribution in [0, 0.1) is 11.3 Å². The Balaban J connectivity index is 2.78. The van der Waals surface area contributed by atoms with Crippen LogP contribution in [0.4, 0.5) is 5.82 Å². The maximum Gasteiger partial charge on any atom is 0.186 e. The van der Waals surface area contributed by atoms with E-state index < -0.39 is 0 Å². The number of hydrogen-bond donors (Lipinski definition) is 0. The number of benzene rings is 1. The van der Waals surface area contributed by atoms with E-state index in [4.69, 9.17) is 39.5 Å². The highest BCUT2D eigenvalue weighted by Crippen LogP contribution is 2.36. The average Bonchev–Trinajstić information content (AvgIpc) is 2.84. The predicted octanol–water partition coefficient (Wildman–Crippen LogP) is 5.35. The number of nitrogens with zero attached hydrogens (tertiary/aromatic N) is 4. The van der Waals surface area contributed by atoms with E-state index in [1.54, 1.807) is 19.1 Å². The molecule has 0 radical (unpaired) electrons. The van der Waals surface area contributed by atoms with E-state index in [-0.39, 0.29) is 0 Å². The third-order valence-corrected chi connectivity index (χ3v) is 3.98. The van der Waals surface area contributed by atoms with Crippen LogP contribution in [0.3, 0.4) is 0 Å². The molecule has 0 aliphatic carbocycles. The number of halogens is 3. The van der Waals surface area contributed by atoms with Gasteiger partial charge < -0.3 is 4.74 Å². The van der Waals surface area contributed by atoms with Crippen molar-refractivity contribution in [2.24, 2.45) is 4.99 Å². The second-order valence-corrected chi connectivity index (χ2v) is 6.06. The Kier molecular flexibility index (Phi) is 6.11. The van der Waals surface area contributed by atoms with E-state index >= 15 is 0 Å². The summed E-state index contributed by atoms with van der Waals surface area (Å²) in [7, 11) is 0. The van der Waals surface area contributed by atoms with Crippen LogP contribution < -0.4 is 0 Å². The van der Waals surface area contributed by atoms with Gasteiger partial charge >= 0.3 is 0 Å². The first kappa shape index (κ1) is 18.6. The van der Waals surface area contributed by atoms with Crippen molar-refractivity contribution in [2.45, 2.75) is 27.2 Å². The Labute approximate surface area is 155 Å². The van der Waals surface area contributed by atoms with Gasteiger partial charge in [-0.15, -0.1) is 0 Å². The number of aromatic nitrogens is 2. The minimum absolute atomic E-state index is 0.313. The fourth-order valence-corrected chi connectivity index (χ4v) is 3.18. The monoisotopic (exact) mass is 384 g/mol. The topological polar surface area (TPSA) is 63.2 Å². The van der Waals surface area contributed by atoms with Crippen molar-refractivity contribution < 1.29 is 4.74 Å². The smallest absolute Gasteiger partial charge is 0.186 e. The summed E-state index contributed by atoms with van der Waals surface area (Å²) in [6.45, 7) is 5.93. The molecule has 0 amide bonds. The molecule has 0 N–H and O–H groups in total. The van der Waals surface area contributed by atoms with Crippen LogP contribution in [0.5, 0.6) is 0 Å². The quantitative estimate of drug-likeness (QED) is 0.526. The first-order chi connectivity index (χ1) is 11.4. The number of aliphatic imine (C=N–C) groups is 1. The second kappa shape index (κ2) is 7.89. The number of ether oxygens (including phenoxy) is 1. The van der Waals surface area contributed by atoms with Gasteiger partial charge in [-0.3, -0.25) is 0 Å². The molecule has 0 saturated heterocycles. The summed E-state index contributed by atoms with van der Waals surface area (Å²) in [5.41, 5.74) is 1.38. The normalized spacial score (nSPS) is 11.5. The van der Waals surface area contributed by atoms with Crippen LogP contribution in [0.2, 0.25) is 15.1 Å². The molecule has 1 aromatic heterocycles. The second-order valence-electron chi connectivity index (χ2n) is 4.80. The van der Waals surface area contributed by atoms with Crippen LogP contribution in [0.15, 0.2) is 17.1 Å². The van der Waals surface area contributed by atoms with Crippen molar-refractivity contribution in [1.29, 1.82) is 5.26 Å². The summed E-state index contributed by atoms with van der Waals surface area (Å²) in [6, 6.07) is 5.27. The van der Waals surface area contributed by atoms with E-state index in [1.165, 1.54) is 4.68 Å². The molecule has 0 spiro atoms. The van der Waals surface area contributed by atoms with Gasteiger partial charge in [-0.1, -0.05) is 41.7 Å². The summed E-state index contributed by atoms with van der Waals surface area (Å²) in [4.78, 5) is 4.39. The van der Waals surface area contributed by atoms with Crippen molar-refractivity contribution in [3.63, 3.8) is 0 Å². The molecule has 1 heterocycles. The molecule has 0 fully saturated rings. The molecule has 2 rings (SSSR count). The number of aryl methyl sites for hydroxylation is 1. The third-order valence-electron chi connectivity index (χ3n) is 3.19. The Morgan fingerprint density at radius 1 is 1.29 bits per heavy atom. The molecule has 5 nitrogen and oxygen atoms in total. The van der Waals surface area contributed by atoms with Crippen molar-refractivity contribution in [3.05, 3.63) is 38.5 Å². The lowest BCUT2D eigenvalue weighted by Gasteiger charge is -2.10. The van der Waals surface area contributed by atoms with Crippen molar-refractivity contribution in [1.82, 2.24) is 9.78 Å². The van der Waals surface area contributed by atoms with Crippen molar-refractivity contribution in [2.75, 3.05) is 6.61 Å². The lowest BCUT2D eigenvalue weighted by atomic mass is 10.2. The van der Waals surface area contributed by atoms with E-state index in [1.807, 2.05) is 13.8 Å². The summed E-state index contributed by atoms with van der Waals surface area (Å²) in [5.74, 6) is 0.741. The number of nitriles is 1. The lowest BCUT2D eigenvalue weighted by Crippen LogP contribution is -2.02. The predicted molar refractivity (Wildman–Crippen MR) is 97.1 cm³/mol. The summed E-state index contributed by atoms with van der Waals surface area (Å²) in [5, 5.41) is 15.0. The average molecular weight is 386 g/mol. The zero-order valence-corrected chi connectivity index (χ0v) is 15.7. The maximum absolute atomic E-state index is 9.52. The molecular formula is C16H15Cl3N4O. The molecule has 0 aliphatic rings. The van der Waals surface area contributed by atoms with Gasteiger partial charge in [0.15, 0.2) is 11.7 Å². The molecule has 2 aromatic rings. The van der Waals surface area contributed by atoms with E-state index in [0.29, 0.717) is 56.8 Å². The van der Waals surface area contributed by atoms with Crippen LogP contribution in [-0.2, 0) is 11.2 Å².